The maximum atomic E-state index is 12.2. The minimum atomic E-state index is -0.0211. The normalized spacial score (nSPS) is 16.8. The second kappa shape index (κ2) is 7.93. The van der Waals surface area contributed by atoms with E-state index in [1.54, 1.807) is 6.20 Å². The number of benzene rings is 1. The molecule has 3 rings (SSSR count). The number of aromatic nitrogens is 1. The zero-order chi connectivity index (χ0) is 16.8. The summed E-state index contributed by atoms with van der Waals surface area (Å²) in [7, 11) is 2.02. The molecule has 1 saturated heterocycles. The smallest absolute Gasteiger partial charge is 0.225 e. The van der Waals surface area contributed by atoms with Crippen LogP contribution in [-0.2, 0) is 22.6 Å². The monoisotopic (exact) mass is 325 g/mol. The highest BCUT2D eigenvalue weighted by molar-refractivity contribution is 5.79. The van der Waals surface area contributed by atoms with E-state index in [2.05, 4.69) is 27.3 Å². The number of hydrogen-bond acceptors (Lipinski definition) is 4. The van der Waals surface area contributed by atoms with Gasteiger partial charge in [-0.25, -0.2) is 4.98 Å². The zero-order valence-corrected chi connectivity index (χ0v) is 13.9. The minimum Gasteiger partial charge on any atom is -0.381 e. The molecule has 1 atom stereocenters. The van der Waals surface area contributed by atoms with Crippen LogP contribution in [0.25, 0.3) is 0 Å². The van der Waals surface area contributed by atoms with E-state index >= 15 is 0 Å². The summed E-state index contributed by atoms with van der Waals surface area (Å²) in [5.74, 6) is 0.935. The van der Waals surface area contributed by atoms with Crippen molar-refractivity contribution in [3.8, 4) is 0 Å². The molecule has 1 aliphatic heterocycles. The van der Waals surface area contributed by atoms with Crippen LogP contribution < -0.4 is 10.2 Å². The molecule has 5 nitrogen and oxygen atoms in total. The number of ether oxygens (including phenoxy) is 1. The second-order valence-corrected chi connectivity index (χ2v) is 6.11. The summed E-state index contributed by atoms with van der Waals surface area (Å²) in [5, 5.41) is 3.01. The van der Waals surface area contributed by atoms with E-state index in [4.69, 9.17) is 4.74 Å². The first-order valence-electron chi connectivity index (χ1n) is 8.28. The maximum Gasteiger partial charge on any atom is 0.225 e. The number of nitrogens with one attached hydrogen (secondary N) is 1. The van der Waals surface area contributed by atoms with E-state index in [1.807, 2.05) is 37.4 Å². The summed E-state index contributed by atoms with van der Waals surface area (Å²) < 4.78 is 5.28. The van der Waals surface area contributed by atoms with Crippen LogP contribution in [0.3, 0.4) is 0 Å². The predicted molar refractivity (Wildman–Crippen MR) is 93.6 cm³/mol. The third-order valence-corrected chi connectivity index (χ3v) is 4.25. The number of anilines is 1. The van der Waals surface area contributed by atoms with Gasteiger partial charge in [0, 0.05) is 38.5 Å². The van der Waals surface area contributed by atoms with Gasteiger partial charge in [-0.1, -0.05) is 36.4 Å². The SMILES string of the molecule is CN(Cc1ccccc1)c1ncccc1CNC(=O)C1CCOC1. The van der Waals surface area contributed by atoms with E-state index in [-0.39, 0.29) is 11.8 Å². The van der Waals surface area contributed by atoms with E-state index < -0.39 is 0 Å². The maximum absolute atomic E-state index is 12.2. The van der Waals surface area contributed by atoms with Crippen LogP contribution >= 0.6 is 0 Å². The molecule has 1 amide bonds. The van der Waals surface area contributed by atoms with Crippen molar-refractivity contribution in [3.05, 3.63) is 59.8 Å². The van der Waals surface area contributed by atoms with Gasteiger partial charge in [0.25, 0.3) is 0 Å². The van der Waals surface area contributed by atoms with Crippen molar-refractivity contribution in [2.75, 3.05) is 25.2 Å². The van der Waals surface area contributed by atoms with E-state index in [0.29, 0.717) is 19.8 Å². The average molecular weight is 325 g/mol. The zero-order valence-electron chi connectivity index (χ0n) is 13.9. The van der Waals surface area contributed by atoms with Crippen LogP contribution in [-0.4, -0.2) is 31.2 Å². The molecular weight excluding hydrogens is 302 g/mol. The third-order valence-electron chi connectivity index (χ3n) is 4.25. The fourth-order valence-electron chi connectivity index (χ4n) is 2.91. The lowest BCUT2D eigenvalue weighted by Crippen LogP contribution is -2.31. The van der Waals surface area contributed by atoms with Gasteiger partial charge in [-0.15, -0.1) is 0 Å². The lowest BCUT2D eigenvalue weighted by molar-refractivity contribution is -0.125. The van der Waals surface area contributed by atoms with Gasteiger partial charge in [-0.2, -0.15) is 0 Å². The molecule has 126 valence electrons. The van der Waals surface area contributed by atoms with Crippen LogP contribution in [0.1, 0.15) is 17.5 Å². The van der Waals surface area contributed by atoms with Crippen LogP contribution in [0.4, 0.5) is 5.82 Å². The summed E-state index contributed by atoms with van der Waals surface area (Å²) in [6.07, 6.45) is 2.59. The molecule has 2 heterocycles. The molecule has 1 aromatic carbocycles. The first-order valence-corrected chi connectivity index (χ1v) is 8.28. The Bertz CT molecular complexity index is 669. The molecule has 1 unspecified atom stereocenters. The Morgan fingerprint density at radius 3 is 2.88 bits per heavy atom. The van der Waals surface area contributed by atoms with Crippen LogP contribution in [0.5, 0.6) is 0 Å². The van der Waals surface area contributed by atoms with E-state index in [9.17, 15) is 4.79 Å². The molecule has 0 spiro atoms. The van der Waals surface area contributed by atoms with Crippen molar-refractivity contribution in [1.29, 1.82) is 0 Å². The van der Waals surface area contributed by atoms with Gasteiger partial charge in [0.05, 0.1) is 12.5 Å². The first-order chi connectivity index (χ1) is 11.7. The molecule has 2 aromatic rings. The van der Waals surface area contributed by atoms with Gasteiger partial charge in [-0.05, 0) is 18.1 Å². The average Bonchev–Trinajstić information content (AvgIpc) is 3.15. The molecule has 0 radical (unpaired) electrons. The Morgan fingerprint density at radius 2 is 2.12 bits per heavy atom. The molecule has 0 aliphatic carbocycles. The lowest BCUT2D eigenvalue weighted by atomic mass is 10.1. The van der Waals surface area contributed by atoms with Crippen molar-refractivity contribution in [2.24, 2.45) is 5.92 Å². The van der Waals surface area contributed by atoms with Crippen molar-refractivity contribution >= 4 is 11.7 Å². The largest absolute Gasteiger partial charge is 0.381 e. The summed E-state index contributed by atoms with van der Waals surface area (Å²) in [6, 6.07) is 14.2. The number of pyridine rings is 1. The van der Waals surface area contributed by atoms with Gasteiger partial charge >= 0.3 is 0 Å². The lowest BCUT2D eigenvalue weighted by Gasteiger charge is -2.21. The van der Waals surface area contributed by atoms with Crippen molar-refractivity contribution in [1.82, 2.24) is 10.3 Å². The van der Waals surface area contributed by atoms with Gasteiger partial charge in [0.2, 0.25) is 5.91 Å². The highest BCUT2D eigenvalue weighted by atomic mass is 16.5. The predicted octanol–water partition coefficient (Wildman–Crippen LogP) is 2.37. The van der Waals surface area contributed by atoms with Crippen molar-refractivity contribution in [2.45, 2.75) is 19.5 Å². The Labute approximate surface area is 142 Å². The molecule has 1 fully saturated rings. The van der Waals surface area contributed by atoms with Crippen LogP contribution in [0.2, 0.25) is 0 Å². The molecule has 0 bridgehead atoms. The standard InChI is InChI=1S/C19H23N3O2/c1-22(13-15-6-3-2-4-7-15)18-16(8-5-10-20-18)12-21-19(23)17-9-11-24-14-17/h2-8,10,17H,9,11-14H2,1H3,(H,21,23). The molecular formula is C19H23N3O2. The van der Waals surface area contributed by atoms with Gasteiger partial charge in [0.1, 0.15) is 5.82 Å². The first kappa shape index (κ1) is 16.5. The fraction of sp³-hybridized carbons (Fsp3) is 0.368. The van der Waals surface area contributed by atoms with Crippen molar-refractivity contribution in [3.63, 3.8) is 0 Å². The van der Waals surface area contributed by atoms with E-state index in [1.165, 1.54) is 5.56 Å². The number of rotatable bonds is 6. The molecule has 1 aromatic heterocycles. The summed E-state index contributed by atoms with van der Waals surface area (Å²) >= 11 is 0. The molecule has 1 N–H and O–H groups in total. The Balaban J connectivity index is 1.64. The Hall–Kier alpha value is -2.40. The minimum absolute atomic E-state index is 0.0211. The fourth-order valence-corrected chi connectivity index (χ4v) is 2.91. The van der Waals surface area contributed by atoms with Crippen molar-refractivity contribution < 1.29 is 9.53 Å². The topological polar surface area (TPSA) is 54.5 Å². The van der Waals surface area contributed by atoms with E-state index in [0.717, 1.165) is 24.3 Å². The van der Waals surface area contributed by atoms with Crippen LogP contribution in [0, 0.1) is 5.92 Å². The molecule has 24 heavy (non-hydrogen) atoms. The highest BCUT2D eigenvalue weighted by Crippen LogP contribution is 2.19. The highest BCUT2D eigenvalue weighted by Gasteiger charge is 2.23. The molecule has 1 aliphatic rings. The van der Waals surface area contributed by atoms with Crippen LogP contribution in [0.15, 0.2) is 48.7 Å². The summed E-state index contributed by atoms with van der Waals surface area (Å²) in [4.78, 5) is 18.8. The summed E-state index contributed by atoms with van der Waals surface area (Å²) in [6.45, 7) is 2.46. The number of hydrogen-bond donors (Lipinski definition) is 1. The Kier molecular flexibility index (Phi) is 5.43. The quantitative estimate of drug-likeness (QED) is 0.886. The number of amides is 1. The molecule has 0 saturated carbocycles. The number of nitrogens with zero attached hydrogens (tertiary/aromatic N) is 2. The second-order valence-electron chi connectivity index (χ2n) is 6.11. The molecule has 5 heteroatoms. The summed E-state index contributed by atoms with van der Waals surface area (Å²) in [5.41, 5.74) is 2.24. The number of carbonyl (C=O) groups excluding carboxylic acids is 1. The third kappa shape index (κ3) is 4.11. The van der Waals surface area contributed by atoms with Gasteiger partial charge in [0.15, 0.2) is 0 Å². The Morgan fingerprint density at radius 1 is 1.29 bits per heavy atom. The number of carbonyl (C=O) groups is 1. The van der Waals surface area contributed by atoms with Gasteiger partial charge < -0.3 is 15.0 Å². The van der Waals surface area contributed by atoms with Gasteiger partial charge in [-0.3, -0.25) is 4.79 Å².